The molecule has 0 saturated carbocycles. The lowest BCUT2D eigenvalue weighted by molar-refractivity contribution is 0.182. The second-order valence-corrected chi connectivity index (χ2v) is 7.35. The number of fused-ring (bicyclic) bond motifs is 1. The van der Waals surface area contributed by atoms with E-state index >= 15 is 0 Å². The van der Waals surface area contributed by atoms with Crippen molar-refractivity contribution in [3.63, 3.8) is 0 Å². The van der Waals surface area contributed by atoms with Crippen LogP contribution in [0.2, 0.25) is 0 Å². The summed E-state index contributed by atoms with van der Waals surface area (Å²) in [5.41, 5.74) is 1.95. The molecule has 2 aliphatic rings. The molecule has 0 N–H and O–H groups in total. The van der Waals surface area contributed by atoms with E-state index in [0.29, 0.717) is 5.92 Å². The first-order valence-electron chi connectivity index (χ1n) is 9.24. The van der Waals surface area contributed by atoms with Crippen LogP contribution in [-0.2, 0) is 19.6 Å². The molecule has 2 aromatic rings. The minimum Gasteiger partial charge on any atom is -0.333 e. The van der Waals surface area contributed by atoms with E-state index in [1.54, 1.807) is 0 Å². The Kier molecular flexibility index (Phi) is 4.82. The van der Waals surface area contributed by atoms with Gasteiger partial charge in [0.25, 0.3) is 0 Å². The van der Waals surface area contributed by atoms with Gasteiger partial charge in [-0.2, -0.15) is 5.26 Å². The van der Waals surface area contributed by atoms with Gasteiger partial charge in [0.15, 0.2) is 0 Å². The zero-order valence-electron chi connectivity index (χ0n) is 14.6. The normalized spacial score (nSPS) is 21.6. The van der Waals surface area contributed by atoms with E-state index in [2.05, 4.69) is 37.7 Å². The maximum Gasteiger partial charge on any atom is 0.122 e. The predicted molar refractivity (Wildman–Crippen MR) is 96.7 cm³/mol. The highest BCUT2D eigenvalue weighted by Gasteiger charge is 2.25. The van der Waals surface area contributed by atoms with Gasteiger partial charge in [-0.15, -0.1) is 0 Å². The smallest absolute Gasteiger partial charge is 0.122 e. The Balaban J connectivity index is 1.50. The Bertz CT molecular complexity index is 753. The Morgan fingerprint density at radius 2 is 2.04 bits per heavy atom. The number of hydrogen-bond donors (Lipinski definition) is 0. The summed E-state index contributed by atoms with van der Waals surface area (Å²) in [5.74, 6) is 1.77. The third kappa shape index (κ3) is 3.92. The van der Waals surface area contributed by atoms with Gasteiger partial charge in [-0.1, -0.05) is 12.1 Å². The van der Waals surface area contributed by atoms with Gasteiger partial charge >= 0.3 is 0 Å². The topological polar surface area (TPSA) is 48.1 Å². The third-order valence-electron chi connectivity index (χ3n) is 5.32. The Morgan fingerprint density at radius 1 is 1.16 bits per heavy atom. The lowest BCUT2D eigenvalue weighted by atomic mass is 10.1. The van der Waals surface area contributed by atoms with Crippen molar-refractivity contribution in [3.8, 4) is 6.07 Å². The lowest BCUT2D eigenvalue weighted by Crippen LogP contribution is -2.35. The number of benzene rings is 1. The molecule has 0 unspecified atom stereocenters. The largest absolute Gasteiger partial charge is 0.333 e. The van der Waals surface area contributed by atoms with Crippen molar-refractivity contribution in [1.82, 2.24) is 19.4 Å². The molecule has 130 valence electrons. The standard InChI is InChI=1S/C20H25N5/c21-11-17-4-3-5-18(10-17)12-24-14-19(13-23-7-1-2-8-23)15-25-9-6-22-20(25)16-24/h3-6,9-10,19H,1-2,7-8,12-16H2/t19-/m0/s1. The monoisotopic (exact) mass is 335 g/mol. The van der Waals surface area contributed by atoms with Crippen LogP contribution in [0, 0.1) is 17.2 Å². The van der Waals surface area contributed by atoms with Crippen molar-refractivity contribution >= 4 is 0 Å². The predicted octanol–water partition coefficient (Wildman–Crippen LogP) is 2.48. The molecule has 5 heteroatoms. The van der Waals surface area contributed by atoms with Crippen LogP contribution in [0.15, 0.2) is 36.7 Å². The highest BCUT2D eigenvalue weighted by atomic mass is 15.2. The van der Waals surface area contributed by atoms with E-state index in [0.717, 1.165) is 37.6 Å². The summed E-state index contributed by atoms with van der Waals surface area (Å²) >= 11 is 0. The summed E-state index contributed by atoms with van der Waals surface area (Å²) in [5, 5.41) is 9.13. The van der Waals surface area contributed by atoms with Gasteiger partial charge in [-0.25, -0.2) is 4.98 Å². The van der Waals surface area contributed by atoms with Gasteiger partial charge in [0.1, 0.15) is 5.82 Å². The second kappa shape index (κ2) is 7.38. The summed E-state index contributed by atoms with van der Waals surface area (Å²) in [6.07, 6.45) is 6.72. The minimum atomic E-state index is 0.618. The Morgan fingerprint density at radius 3 is 2.88 bits per heavy atom. The summed E-state index contributed by atoms with van der Waals surface area (Å²) in [6.45, 7) is 7.55. The fourth-order valence-electron chi connectivity index (χ4n) is 4.19. The molecule has 25 heavy (non-hydrogen) atoms. The van der Waals surface area contributed by atoms with Crippen molar-refractivity contribution < 1.29 is 0 Å². The molecule has 0 bridgehead atoms. The molecular formula is C20H25N5. The Hall–Kier alpha value is -2.16. The van der Waals surface area contributed by atoms with E-state index in [4.69, 9.17) is 5.26 Å². The van der Waals surface area contributed by atoms with Gasteiger partial charge in [0.05, 0.1) is 18.2 Å². The van der Waals surface area contributed by atoms with Gasteiger partial charge in [0, 0.05) is 44.5 Å². The molecule has 1 aromatic carbocycles. The molecule has 3 heterocycles. The molecule has 0 spiro atoms. The van der Waals surface area contributed by atoms with Crippen LogP contribution in [0.3, 0.4) is 0 Å². The number of nitriles is 1. The van der Waals surface area contributed by atoms with Gasteiger partial charge in [-0.05, 0) is 43.6 Å². The molecule has 1 aromatic heterocycles. The fourth-order valence-corrected chi connectivity index (χ4v) is 4.19. The molecule has 0 radical (unpaired) electrons. The average molecular weight is 335 g/mol. The first kappa shape index (κ1) is 16.3. The number of nitrogens with zero attached hydrogens (tertiary/aromatic N) is 5. The van der Waals surface area contributed by atoms with Crippen LogP contribution in [0.1, 0.15) is 29.8 Å². The van der Waals surface area contributed by atoms with E-state index in [1.807, 2.05) is 24.4 Å². The number of imidazole rings is 1. The fraction of sp³-hybridized carbons (Fsp3) is 0.500. The summed E-state index contributed by atoms with van der Waals surface area (Å²) in [7, 11) is 0. The number of aromatic nitrogens is 2. The maximum atomic E-state index is 9.13. The molecule has 1 saturated heterocycles. The highest BCUT2D eigenvalue weighted by Crippen LogP contribution is 2.20. The highest BCUT2D eigenvalue weighted by molar-refractivity contribution is 5.32. The molecule has 1 fully saturated rings. The molecule has 2 aliphatic heterocycles. The molecular weight excluding hydrogens is 310 g/mol. The van der Waals surface area contributed by atoms with Crippen LogP contribution in [0.4, 0.5) is 0 Å². The van der Waals surface area contributed by atoms with Crippen molar-refractivity contribution in [3.05, 3.63) is 53.6 Å². The quantitative estimate of drug-likeness (QED) is 0.861. The molecule has 0 aliphatic carbocycles. The lowest BCUT2D eigenvalue weighted by Gasteiger charge is -2.27. The van der Waals surface area contributed by atoms with E-state index in [9.17, 15) is 0 Å². The van der Waals surface area contributed by atoms with Crippen LogP contribution in [0.5, 0.6) is 0 Å². The second-order valence-electron chi connectivity index (χ2n) is 7.35. The zero-order valence-corrected chi connectivity index (χ0v) is 14.6. The minimum absolute atomic E-state index is 0.618. The van der Waals surface area contributed by atoms with E-state index in [-0.39, 0.29) is 0 Å². The SMILES string of the molecule is N#Cc1cccc(CN2Cc3nccn3C[C@@H](CN3CCCC3)C2)c1. The average Bonchev–Trinajstić information content (AvgIpc) is 3.25. The molecule has 4 rings (SSSR count). The third-order valence-corrected chi connectivity index (χ3v) is 5.32. The maximum absolute atomic E-state index is 9.13. The summed E-state index contributed by atoms with van der Waals surface area (Å²) < 4.78 is 2.33. The van der Waals surface area contributed by atoms with Gasteiger partial charge in [0.2, 0.25) is 0 Å². The van der Waals surface area contributed by atoms with Crippen LogP contribution < -0.4 is 0 Å². The van der Waals surface area contributed by atoms with Crippen molar-refractivity contribution in [2.45, 2.75) is 32.5 Å². The summed E-state index contributed by atoms with van der Waals surface area (Å²) in [6, 6.07) is 10.2. The zero-order chi connectivity index (χ0) is 17.1. The van der Waals surface area contributed by atoms with Crippen molar-refractivity contribution in [1.29, 1.82) is 5.26 Å². The number of likely N-dealkylation sites (tertiary alicyclic amines) is 1. The van der Waals surface area contributed by atoms with Gasteiger partial charge in [-0.3, -0.25) is 4.90 Å². The molecule has 1 atom stereocenters. The first-order valence-corrected chi connectivity index (χ1v) is 9.24. The number of rotatable bonds is 4. The van der Waals surface area contributed by atoms with Crippen LogP contribution in [0.25, 0.3) is 0 Å². The summed E-state index contributed by atoms with van der Waals surface area (Å²) in [4.78, 5) is 9.67. The number of hydrogen-bond acceptors (Lipinski definition) is 4. The van der Waals surface area contributed by atoms with Crippen molar-refractivity contribution in [2.75, 3.05) is 26.2 Å². The molecule has 0 amide bonds. The van der Waals surface area contributed by atoms with Gasteiger partial charge < -0.3 is 9.47 Å². The van der Waals surface area contributed by atoms with E-state index in [1.165, 1.54) is 38.0 Å². The van der Waals surface area contributed by atoms with Crippen LogP contribution in [-0.4, -0.2) is 45.5 Å². The first-order chi connectivity index (χ1) is 12.3. The van der Waals surface area contributed by atoms with E-state index < -0.39 is 0 Å². The Labute approximate surface area is 149 Å². The van der Waals surface area contributed by atoms with Crippen LogP contribution >= 0.6 is 0 Å². The van der Waals surface area contributed by atoms with Crippen molar-refractivity contribution in [2.24, 2.45) is 5.92 Å². The molecule has 5 nitrogen and oxygen atoms in total.